The third kappa shape index (κ3) is 2.91. The van der Waals surface area contributed by atoms with Crippen LogP contribution in [0.2, 0.25) is 0 Å². The summed E-state index contributed by atoms with van der Waals surface area (Å²) in [6.07, 6.45) is 0. The summed E-state index contributed by atoms with van der Waals surface area (Å²) in [4.78, 5) is 11.8. The van der Waals surface area contributed by atoms with Crippen LogP contribution in [0.25, 0.3) is 0 Å². The lowest BCUT2D eigenvalue weighted by Crippen LogP contribution is -2.28. The van der Waals surface area contributed by atoms with Gasteiger partial charge in [-0.05, 0) is 29.8 Å². The highest BCUT2D eigenvalue weighted by molar-refractivity contribution is 5.84. The van der Waals surface area contributed by atoms with Crippen molar-refractivity contribution >= 4 is 11.6 Å². The Bertz CT molecular complexity index is 643. The van der Waals surface area contributed by atoms with E-state index in [0.717, 1.165) is 11.3 Å². The van der Waals surface area contributed by atoms with Crippen molar-refractivity contribution in [3.8, 4) is 11.5 Å². The first kappa shape index (κ1) is 13.3. The molecule has 5 heteroatoms. The maximum absolute atomic E-state index is 11.8. The first-order valence-electron chi connectivity index (χ1n) is 6.74. The van der Waals surface area contributed by atoms with Gasteiger partial charge in [0.15, 0.2) is 11.5 Å². The number of amides is 1. The largest absolute Gasteiger partial charge is 0.486 e. The van der Waals surface area contributed by atoms with E-state index in [1.54, 1.807) is 12.1 Å². The summed E-state index contributed by atoms with van der Waals surface area (Å²) in [6.45, 7) is 1.04. The van der Waals surface area contributed by atoms with Gasteiger partial charge in [0.1, 0.15) is 19.3 Å². The minimum Gasteiger partial charge on any atom is -0.486 e. The number of rotatable bonds is 4. The summed E-state index contributed by atoms with van der Waals surface area (Å²) in [5, 5.41) is 3.13. The molecular weight excluding hydrogens is 268 g/mol. The van der Waals surface area contributed by atoms with Crippen molar-refractivity contribution in [2.24, 2.45) is 5.73 Å². The Morgan fingerprint density at radius 2 is 1.76 bits per heavy atom. The van der Waals surface area contributed by atoms with E-state index in [4.69, 9.17) is 15.2 Å². The summed E-state index contributed by atoms with van der Waals surface area (Å²) in [6, 6.07) is 14.2. The Hall–Kier alpha value is -2.69. The van der Waals surface area contributed by atoms with Crippen molar-refractivity contribution in [2.45, 2.75) is 6.04 Å². The van der Waals surface area contributed by atoms with E-state index in [-0.39, 0.29) is 0 Å². The van der Waals surface area contributed by atoms with Crippen molar-refractivity contribution in [1.29, 1.82) is 0 Å². The van der Waals surface area contributed by atoms with Gasteiger partial charge >= 0.3 is 0 Å². The fourth-order valence-electron chi connectivity index (χ4n) is 2.26. The summed E-state index contributed by atoms with van der Waals surface area (Å²) < 4.78 is 11.0. The van der Waals surface area contributed by atoms with Crippen LogP contribution in [0.3, 0.4) is 0 Å². The lowest BCUT2D eigenvalue weighted by molar-refractivity contribution is -0.118. The molecule has 2 aromatic rings. The molecule has 0 aliphatic carbocycles. The molecule has 1 heterocycles. The molecule has 108 valence electrons. The number of nitrogens with one attached hydrogen (secondary N) is 1. The molecule has 1 aliphatic rings. The summed E-state index contributed by atoms with van der Waals surface area (Å²) in [5.41, 5.74) is 7.09. The second kappa shape index (κ2) is 5.75. The summed E-state index contributed by atoms with van der Waals surface area (Å²) in [7, 11) is 0. The Kier molecular flexibility index (Phi) is 3.64. The number of anilines is 1. The molecule has 21 heavy (non-hydrogen) atoms. The van der Waals surface area contributed by atoms with Crippen LogP contribution in [-0.2, 0) is 4.79 Å². The molecule has 0 spiro atoms. The molecule has 1 amide bonds. The lowest BCUT2D eigenvalue weighted by atomic mass is 10.0. The summed E-state index contributed by atoms with van der Waals surface area (Å²) >= 11 is 0. The smallest absolute Gasteiger partial charge is 0.244 e. The van der Waals surface area contributed by atoms with E-state index in [0.29, 0.717) is 24.7 Å². The molecule has 0 aromatic heterocycles. The topological polar surface area (TPSA) is 73.6 Å². The van der Waals surface area contributed by atoms with E-state index in [1.165, 1.54) is 0 Å². The molecule has 1 unspecified atom stereocenters. The number of para-hydroxylation sites is 1. The van der Waals surface area contributed by atoms with E-state index < -0.39 is 11.9 Å². The number of hydrogen-bond donors (Lipinski definition) is 2. The molecule has 0 saturated heterocycles. The van der Waals surface area contributed by atoms with E-state index >= 15 is 0 Å². The number of primary amides is 1. The van der Waals surface area contributed by atoms with Gasteiger partial charge in [0.25, 0.3) is 0 Å². The number of nitrogens with two attached hydrogens (primary N) is 1. The van der Waals surface area contributed by atoms with Gasteiger partial charge in [-0.1, -0.05) is 24.3 Å². The third-order valence-electron chi connectivity index (χ3n) is 3.27. The van der Waals surface area contributed by atoms with Crippen molar-refractivity contribution in [2.75, 3.05) is 18.5 Å². The second-order valence-electron chi connectivity index (χ2n) is 4.75. The molecule has 0 radical (unpaired) electrons. The normalized spacial score (nSPS) is 14.3. The van der Waals surface area contributed by atoms with Crippen LogP contribution in [-0.4, -0.2) is 19.1 Å². The predicted octanol–water partition coefficient (Wildman–Crippen LogP) is 2.10. The maximum Gasteiger partial charge on any atom is 0.244 e. The van der Waals surface area contributed by atoms with Crippen LogP contribution < -0.4 is 20.5 Å². The van der Waals surface area contributed by atoms with E-state index in [1.807, 2.05) is 36.4 Å². The average molecular weight is 284 g/mol. The highest BCUT2D eigenvalue weighted by Gasteiger charge is 2.21. The van der Waals surface area contributed by atoms with Gasteiger partial charge in [0.2, 0.25) is 5.91 Å². The van der Waals surface area contributed by atoms with Crippen LogP contribution in [0.1, 0.15) is 11.6 Å². The Morgan fingerprint density at radius 3 is 2.48 bits per heavy atom. The van der Waals surface area contributed by atoms with Crippen LogP contribution in [0.5, 0.6) is 11.5 Å². The van der Waals surface area contributed by atoms with E-state index in [2.05, 4.69) is 5.32 Å². The van der Waals surface area contributed by atoms with Crippen LogP contribution in [0, 0.1) is 0 Å². The first-order valence-corrected chi connectivity index (χ1v) is 6.74. The Balaban J connectivity index is 1.89. The zero-order valence-corrected chi connectivity index (χ0v) is 11.4. The molecule has 0 bridgehead atoms. The highest BCUT2D eigenvalue weighted by Crippen LogP contribution is 2.33. The molecule has 1 atom stereocenters. The van der Waals surface area contributed by atoms with Crippen LogP contribution in [0.4, 0.5) is 5.69 Å². The molecule has 3 rings (SSSR count). The molecule has 1 aliphatic heterocycles. The van der Waals surface area contributed by atoms with Crippen molar-refractivity contribution in [3.05, 3.63) is 54.1 Å². The monoisotopic (exact) mass is 284 g/mol. The molecular formula is C16H16N2O3. The Labute approximate surface area is 122 Å². The van der Waals surface area contributed by atoms with Gasteiger partial charge in [-0.25, -0.2) is 0 Å². The fraction of sp³-hybridized carbons (Fsp3) is 0.188. The number of benzene rings is 2. The molecule has 0 fully saturated rings. The highest BCUT2D eigenvalue weighted by atomic mass is 16.6. The van der Waals surface area contributed by atoms with E-state index in [9.17, 15) is 4.79 Å². The minimum absolute atomic E-state index is 0.449. The SMILES string of the molecule is NC(=O)C(Nc1ccccc1)c1ccc2c(c1)OCCO2. The fourth-order valence-corrected chi connectivity index (χ4v) is 2.26. The van der Waals surface area contributed by atoms with Gasteiger partial charge in [0, 0.05) is 5.69 Å². The van der Waals surface area contributed by atoms with Gasteiger partial charge in [-0.15, -0.1) is 0 Å². The zero-order chi connectivity index (χ0) is 14.7. The van der Waals surface area contributed by atoms with Gasteiger partial charge in [-0.3, -0.25) is 4.79 Å². The summed E-state index contributed by atoms with van der Waals surface area (Å²) in [5.74, 6) is 0.878. The minimum atomic E-state index is -0.622. The second-order valence-corrected chi connectivity index (χ2v) is 4.75. The number of hydrogen-bond acceptors (Lipinski definition) is 4. The first-order chi connectivity index (χ1) is 10.2. The average Bonchev–Trinajstić information content (AvgIpc) is 2.53. The molecule has 5 nitrogen and oxygen atoms in total. The Morgan fingerprint density at radius 1 is 1.05 bits per heavy atom. The van der Waals surface area contributed by atoms with Gasteiger partial charge in [0.05, 0.1) is 0 Å². The third-order valence-corrected chi connectivity index (χ3v) is 3.27. The van der Waals surface area contributed by atoms with Crippen LogP contribution in [0.15, 0.2) is 48.5 Å². The molecule has 2 aromatic carbocycles. The quantitative estimate of drug-likeness (QED) is 0.901. The van der Waals surface area contributed by atoms with Gasteiger partial charge in [-0.2, -0.15) is 0 Å². The maximum atomic E-state index is 11.8. The van der Waals surface area contributed by atoms with Crippen molar-refractivity contribution in [3.63, 3.8) is 0 Å². The number of fused-ring (bicyclic) bond motifs is 1. The molecule has 0 saturated carbocycles. The molecule has 3 N–H and O–H groups in total. The van der Waals surface area contributed by atoms with Gasteiger partial charge < -0.3 is 20.5 Å². The standard InChI is InChI=1S/C16H16N2O3/c17-16(19)15(18-12-4-2-1-3-5-12)11-6-7-13-14(10-11)21-9-8-20-13/h1-7,10,15,18H,8-9H2,(H2,17,19). The van der Waals surface area contributed by atoms with Crippen molar-refractivity contribution in [1.82, 2.24) is 0 Å². The lowest BCUT2D eigenvalue weighted by Gasteiger charge is -2.22. The number of ether oxygens (including phenoxy) is 2. The number of carbonyl (C=O) groups excluding carboxylic acids is 1. The predicted molar refractivity (Wildman–Crippen MR) is 79.4 cm³/mol. The van der Waals surface area contributed by atoms with Crippen molar-refractivity contribution < 1.29 is 14.3 Å². The van der Waals surface area contributed by atoms with Crippen LogP contribution >= 0.6 is 0 Å². The zero-order valence-electron chi connectivity index (χ0n) is 11.4. The number of carbonyl (C=O) groups is 1.